The molecule has 1 amide bonds. The first-order valence-corrected chi connectivity index (χ1v) is 12.7. The van der Waals surface area contributed by atoms with Crippen molar-refractivity contribution in [3.05, 3.63) is 53.6 Å². The van der Waals surface area contributed by atoms with E-state index in [1.54, 1.807) is 17.8 Å². The number of nitrogens with one attached hydrogen (secondary N) is 1. The van der Waals surface area contributed by atoms with E-state index < -0.39 is 0 Å². The maximum absolute atomic E-state index is 12.3. The summed E-state index contributed by atoms with van der Waals surface area (Å²) in [5.74, 6) is 2.91. The molecule has 6 nitrogen and oxygen atoms in total. The van der Waals surface area contributed by atoms with Crippen molar-refractivity contribution in [2.24, 2.45) is 0 Å². The maximum atomic E-state index is 12.3. The summed E-state index contributed by atoms with van der Waals surface area (Å²) in [7, 11) is 0. The first-order chi connectivity index (χ1) is 15.1. The Hall–Kier alpha value is -2.23. The first-order valence-electron chi connectivity index (χ1n) is 9.94. The van der Waals surface area contributed by atoms with Crippen LogP contribution in [0, 0.1) is 0 Å². The van der Waals surface area contributed by atoms with Crippen LogP contribution in [0.5, 0.6) is 11.5 Å². The number of hydrogen-bond acceptors (Lipinski definition) is 8. The van der Waals surface area contributed by atoms with Crippen molar-refractivity contribution in [1.29, 1.82) is 0 Å². The Morgan fingerprint density at radius 2 is 1.74 bits per heavy atom. The van der Waals surface area contributed by atoms with E-state index in [9.17, 15) is 4.79 Å². The van der Waals surface area contributed by atoms with Crippen molar-refractivity contribution < 1.29 is 14.3 Å². The lowest BCUT2D eigenvalue weighted by atomic mass is 10.0. The number of nitrogens with zero attached hydrogens (tertiary/aromatic N) is 2. The molecule has 0 saturated carbocycles. The number of benzene rings is 2. The van der Waals surface area contributed by atoms with E-state index in [1.165, 1.54) is 34.2 Å². The fourth-order valence-corrected chi connectivity index (χ4v) is 5.68. The van der Waals surface area contributed by atoms with Gasteiger partial charge >= 0.3 is 0 Å². The summed E-state index contributed by atoms with van der Waals surface area (Å²) in [4.78, 5) is 12.3. The van der Waals surface area contributed by atoms with Gasteiger partial charge in [-0.2, -0.15) is 0 Å². The molecule has 0 atom stereocenters. The van der Waals surface area contributed by atoms with Gasteiger partial charge in [0, 0.05) is 17.5 Å². The molecule has 0 spiro atoms. The van der Waals surface area contributed by atoms with Crippen LogP contribution in [0.3, 0.4) is 0 Å². The molecule has 2 aromatic carbocycles. The SMILES string of the molecule is CC(C)c1ccc(CSc2nnc(SCC(=O)Nc3ccc4c(c3)OCCO4)s2)cc1. The van der Waals surface area contributed by atoms with Gasteiger partial charge in [-0.05, 0) is 29.2 Å². The lowest BCUT2D eigenvalue weighted by Gasteiger charge is -2.18. The molecule has 0 unspecified atom stereocenters. The second-order valence-electron chi connectivity index (χ2n) is 7.21. The van der Waals surface area contributed by atoms with Gasteiger partial charge in [0.15, 0.2) is 20.2 Å². The number of hydrogen-bond donors (Lipinski definition) is 1. The quantitative estimate of drug-likeness (QED) is 0.436. The molecule has 4 rings (SSSR count). The van der Waals surface area contributed by atoms with Crippen LogP contribution in [0.1, 0.15) is 30.9 Å². The largest absolute Gasteiger partial charge is 0.486 e. The number of carbonyl (C=O) groups excluding carboxylic acids is 1. The topological polar surface area (TPSA) is 73.3 Å². The summed E-state index contributed by atoms with van der Waals surface area (Å²) >= 11 is 4.57. The Bertz CT molecular complexity index is 1040. The smallest absolute Gasteiger partial charge is 0.234 e. The van der Waals surface area contributed by atoms with Gasteiger partial charge in [0.1, 0.15) is 13.2 Å². The monoisotopic (exact) mass is 473 g/mol. The summed E-state index contributed by atoms with van der Waals surface area (Å²) in [6.07, 6.45) is 0. The molecule has 0 fully saturated rings. The maximum Gasteiger partial charge on any atom is 0.234 e. The number of aromatic nitrogens is 2. The average Bonchev–Trinajstić information content (AvgIpc) is 3.24. The zero-order valence-corrected chi connectivity index (χ0v) is 19.7. The average molecular weight is 474 g/mol. The summed E-state index contributed by atoms with van der Waals surface area (Å²) < 4.78 is 12.7. The number of thioether (sulfide) groups is 2. The molecule has 0 aliphatic carbocycles. The van der Waals surface area contributed by atoms with Crippen LogP contribution >= 0.6 is 34.9 Å². The standard InChI is InChI=1S/C22H23N3O3S3/c1-14(2)16-5-3-15(4-6-16)12-29-21-24-25-22(31-21)30-13-20(26)23-17-7-8-18-19(11-17)28-10-9-27-18/h3-8,11,14H,9-10,12-13H2,1-2H3,(H,23,26). The van der Waals surface area contributed by atoms with Crippen LogP contribution < -0.4 is 14.8 Å². The van der Waals surface area contributed by atoms with E-state index in [4.69, 9.17) is 9.47 Å². The molecule has 1 N–H and O–H groups in total. The van der Waals surface area contributed by atoms with Crippen molar-refractivity contribution in [2.75, 3.05) is 24.3 Å². The molecule has 3 aromatic rings. The van der Waals surface area contributed by atoms with E-state index in [1.807, 2.05) is 12.1 Å². The molecular weight excluding hydrogens is 450 g/mol. The van der Waals surface area contributed by atoms with Crippen LogP contribution in [0.2, 0.25) is 0 Å². The minimum Gasteiger partial charge on any atom is -0.486 e. The van der Waals surface area contributed by atoms with Crippen LogP contribution in [0.25, 0.3) is 0 Å². The number of rotatable bonds is 8. The van der Waals surface area contributed by atoms with Crippen LogP contribution in [0.15, 0.2) is 51.1 Å². The predicted octanol–water partition coefficient (Wildman–Crippen LogP) is 5.46. The Kier molecular flexibility index (Phi) is 7.37. The molecule has 0 bridgehead atoms. The van der Waals surface area contributed by atoms with Gasteiger partial charge in [-0.25, -0.2) is 0 Å². The molecule has 1 aliphatic rings. The van der Waals surface area contributed by atoms with E-state index >= 15 is 0 Å². The van der Waals surface area contributed by atoms with Gasteiger partial charge < -0.3 is 14.8 Å². The lowest BCUT2D eigenvalue weighted by Crippen LogP contribution is -2.17. The third-order valence-electron chi connectivity index (χ3n) is 4.55. The fraction of sp³-hybridized carbons (Fsp3) is 0.318. The Morgan fingerprint density at radius 1 is 1.03 bits per heavy atom. The van der Waals surface area contributed by atoms with Crippen molar-refractivity contribution in [3.63, 3.8) is 0 Å². The van der Waals surface area contributed by atoms with Crippen molar-refractivity contribution in [3.8, 4) is 11.5 Å². The zero-order chi connectivity index (χ0) is 21.6. The molecule has 0 radical (unpaired) electrons. The number of amides is 1. The summed E-state index contributed by atoms with van der Waals surface area (Å²) in [5, 5.41) is 11.3. The van der Waals surface area contributed by atoms with Gasteiger partial charge in [-0.1, -0.05) is 73.0 Å². The lowest BCUT2D eigenvalue weighted by molar-refractivity contribution is -0.113. The van der Waals surface area contributed by atoms with Crippen LogP contribution in [-0.4, -0.2) is 35.1 Å². The molecule has 162 valence electrons. The van der Waals surface area contributed by atoms with Crippen molar-refractivity contribution in [2.45, 2.75) is 34.2 Å². The van der Waals surface area contributed by atoms with Crippen molar-refractivity contribution in [1.82, 2.24) is 10.2 Å². The fourth-order valence-electron chi connectivity index (χ4n) is 2.90. The first kappa shape index (κ1) is 22.0. The van der Waals surface area contributed by atoms with Gasteiger partial charge in [0.2, 0.25) is 5.91 Å². The summed E-state index contributed by atoms with van der Waals surface area (Å²) in [5.41, 5.74) is 3.29. The van der Waals surface area contributed by atoms with Crippen molar-refractivity contribution >= 4 is 46.5 Å². The second-order valence-corrected chi connectivity index (χ2v) is 10.6. The Balaban J connectivity index is 1.24. The van der Waals surface area contributed by atoms with Crippen LogP contribution in [-0.2, 0) is 10.5 Å². The minimum atomic E-state index is -0.101. The zero-order valence-electron chi connectivity index (χ0n) is 17.3. The van der Waals surface area contributed by atoms with E-state index in [0.29, 0.717) is 36.3 Å². The highest BCUT2D eigenvalue weighted by molar-refractivity contribution is 8.03. The third kappa shape index (κ3) is 6.15. The minimum absolute atomic E-state index is 0.101. The Labute approximate surface area is 194 Å². The Morgan fingerprint density at radius 3 is 2.48 bits per heavy atom. The molecule has 1 aliphatic heterocycles. The molecule has 2 heterocycles. The van der Waals surface area contributed by atoms with Gasteiger partial charge in [-0.15, -0.1) is 10.2 Å². The van der Waals surface area contributed by atoms with E-state index in [-0.39, 0.29) is 11.7 Å². The third-order valence-corrected chi connectivity index (χ3v) is 7.81. The summed E-state index contributed by atoms with van der Waals surface area (Å²) in [6, 6.07) is 14.1. The number of ether oxygens (including phenoxy) is 2. The van der Waals surface area contributed by atoms with Gasteiger partial charge in [0.25, 0.3) is 0 Å². The van der Waals surface area contributed by atoms with Gasteiger partial charge in [-0.3, -0.25) is 4.79 Å². The van der Waals surface area contributed by atoms with Crippen LogP contribution in [0.4, 0.5) is 5.69 Å². The molecule has 31 heavy (non-hydrogen) atoms. The number of fused-ring (bicyclic) bond motifs is 1. The second kappa shape index (κ2) is 10.4. The molecule has 9 heteroatoms. The molecule has 1 aromatic heterocycles. The molecular formula is C22H23N3O3S3. The highest BCUT2D eigenvalue weighted by Crippen LogP contribution is 2.33. The highest BCUT2D eigenvalue weighted by atomic mass is 32.2. The van der Waals surface area contributed by atoms with Gasteiger partial charge in [0.05, 0.1) is 5.75 Å². The normalized spacial score (nSPS) is 12.7. The summed E-state index contributed by atoms with van der Waals surface area (Å²) in [6.45, 7) is 5.45. The van der Waals surface area contributed by atoms with E-state index in [0.717, 1.165) is 14.4 Å². The van der Waals surface area contributed by atoms with E-state index in [2.05, 4.69) is 53.6 Å². The predicted molar refractivity (Wildman–Crippen MR) is 127 cm³/mol. The number of anilines is 1. The molecule has 0 saturated heterocycles. The highest BCUT2D eigenvalue weighted by Gasteiger charge is 2.14. The number of carbonyl (C=O) groups is 1.